The van der Waals surface area contributed by atoms with Crippen LogP contribution in [0.5, 0.6) is 0 Å². The number of halogens is 1. The number of benzene rings is 1. The number of nitrogens with one attached hydrogen (secondary N) is 2. The molecule has 0 radical (unpaired) electrons. The molecule has 0 aliphatic rings. The molecule has 0 bridgehead atoms. The summed E-state index contributed by atoms with van der Waals surface area (Å²) in [6.45, 7) is 3.89. The van der Waals surface area contributed by atoms with E-state index in [9.17, 15) is 4.79 Å². The highest BCUT2D eigenvalue weighted by molar-refractivity contribution is 9.10. The first kappa shape index (κ1) is 14.5. The van der Waals surface area contributed by atoms with Crippen molar-refractivity contribution in [2.24, 2.45) is 0 Å². The molecule has 0 saturated heterocycles. The van der Waals surface area contributed by atoms with Crippen LogP contribution in [0.25, 0.3) is 0 Å². The summed E-state index contributed by atoms with van der Waals surface area (Å²) in [7, 11) is 1.73. The standard InChI is InChI=1S/C14H15BrN4O/c1-8-4-10(15)5-9(2)13(8)19-14(20)11-6-17-7-12(16-3)18-11/h4-7H,1-3H3,(H,16,18)(H,19,20). The van der Waals surface area contributed by atoms with Crippen LogP contribution in [0.1, 0.15) is 21.6 Å². The lowest BCUT2D eigenvalue weighted by molar-refractivity contribution is 0.102. The predicted molar refractivity (Wildman–Crippen MR) is 83.1 cm³/mol. The minimum absolute atomic E-state index is 0.275. The first-order valence-electron chi connectivity index (χ1n) is 6.09. The molecular formula is C14H15BrN4O. The highest BCUT2D eigenvalue weighted by Gasteiger charge is 2.12. The smallest absolute Gasteiger partial charge is 0.275 e. The average molecular weight is 335 g/mol. The summed E-state index contributed by atoms with van der Waals surface area (Å²) in [4.78, 5) is 20.4. The van der Waals surface area contributed by atoms with Gasteiger partial charge < -0.3 is 10.6 Å². The summed E-state index contributed by atoms with van der Waals surface area (Å²) in [6.07, 6.45) is 3.01. The van der Waals surface area contributed by atoms with Crippen LogP contribution in [-0.2, 0) is 0 Å². The quantitative estimate of drug-likeness (QED) is 0.904. The Morgan fingerprint density at radius 1 is 1.20 bits per heavy atom. The van der Waals surface area contributed by atoms with Gasteiger partial charge in [0.25, 0.3) is 5.91 Å². The van der Waals surface area contributed by atoms with Crippen LogP contribution in [0.3, 0.4) is 0 Å². The van der Waals surface area contributed by atoms with E-state index >= 15 is 0 Å². The number of anilines is 2. The second-order valence-electron chi connectivity index (χ2n) is 4.41. The Kier molecular flexibility index (Phi) is 4.34. The Bertz CT molecular complexity index is 634. The number of hydrogen-bond donors (Lipinski definition) is 2. The third-order valence-electron chi connectivity index (χ3n) is 2.86. The minimum Gasteiger partial charge on any atom is -0.372 e. The molecule has 5 nitrogen and oxygen atoms in total. The number of aryl methyl sites for hydroxylation is 2. The fraction of sp³-hybridized carbons (Fsp3) is 0.214. The second kappa shape index (κ2) is 6.00. The summed E-state index contributed by atoms with van der Waals surface area (Å²) < 4.78 is 0.988. The van der Waals surface area contributed by atoms with Gasteiger partial charge in [0.15, 0.2) is 0 Å². The lowest BCUT2D eigenvalue weighted by Gasteiger charge is -2.12. The van der Waals surface area contributed by atoms with Gasteiger partial charge in [-0.1, -0.05) is 15.9 Å². The van der Waals surface area contributed by atoms with Crippen LogP contribution in [0.4, 0.5) is 11.5 Å². The Morgan fingerprint density at radius 2 is 1.85 bits per heavy atom. The van der Waals surface area contributed by atoms with Crippen molar-refractivity contribution in [2.45, 2.75) is 13.8 Å². The van der Waals surface area contributed by atoms with Crippen molar-refractivity contribution in [2.75, 3.05) is 17.7 Å². The Balaban J connectivity index is 2.28. The van der Waals surface area contributed by atoms with Gasteiger partial charge in [-0.2, -0.15) is 0 Å². The van der Waals surface area contributed by atoms with E-state index in [1.54, 1.807) is 13.2 Å². The van der Waals surface area contributed by atoms with E-state index in [1.165, 1.54) is 6.20 Å². The molecule has 0 atom stereocenters. The normalized spacial score (nSPS) is 10.2. The molecule has 6 heteroatoms. The van der Waals surface area contributed by atoms with Gasteiger partial charge in [0.2, 0.25) is 0 Å². The molecule has 104 valence electrons. The van der Waals surface area contributed by atoms with Crippen molar-refractivity contribution in [3.63, 3.8) is 0 Å². The number of hydrogen-bond acceptors (Lipinski definition) is 4. The van der Waals surface area contributed by atoms with Crippen LogP contribution in [-0.4, -0.2) is 22.9 Å². The van der Waals surface area contributed by atoms with Crippen molar-refractivity contribution in [3.05, 3.63) is 45.8 Å². The fourth-order valence-electron chi connectivity index (χ4n) is 1.88. The maximum Gasteiger partial charge on any atom is 0.275 e. The minimum atomic E-state index is -0.275. The van der Waals surface area contributed by atoms with E-state index in [0.29, 0.717) is 5.82 Å². The highest BCUT2D eigenvalue weighted by atomic mass is 79.9. The summed E-state index contributed by atoms with van der Waals surface area (Å²) in [6, 6.07) is 3.91. The third kappa shape index (κ3) is 3.14. The van der Waals surface area contributed by atoms with Crippen LogP contribution in [0, 0.1) is 13.8 Å². The first-order valence-corrected chi connectivity index (χ1v) is 6.88. The van der Waals surface area contributed by atoms with Crippen LogP contribution in [0.2, 0.25) is 0 Å². The molecule has 0 saturated carbocycles. The van der Waals surface area contributed by atoms with Gasteiger partial charge in [-0.25, -0.2) is 4.98 Å². The van der Waals surface area contributed by atoms with Crippen molar-refractivity contribution in [1.82, 2.24) is 9.97 Å². The monoisotopic (exact) mass is 334 g/mol. The number of amides is 1. The van der Waals surface area contributed by atoms with Gasteiger partial charge >= 0.3 is 0 Å². The second-order valence-corrected chi connectivity index (χ2v) is 5.32. The molecule has 1 aromatic heterocycles. The number of nitrogens with zero attached hydrogens (tertiary/aromatic N) is 2. The van der Waals surface area contributed by atoms with Crippen LogP contribution in [0.15, 0.2) is 29.0 Å². The Hall–Kier alpha value is -1.95. The number of aromatic nitrogens is 2. The molecule has 1 amide bonds. The number of rotatable bonds is 3. The summed E-state index contributed by atoms with van der Waals surface area (Å²) in [5, 5.41) is 5.74. The molecule has 20 heavy (non-hydrogen) atoms. The van der Waals surface area contributed by atoms with E-state index in [-0.39, 0.29) is 11.6 Å². The molecule has 0 aliphatic carbocycles. The molecule has 0 aliphatic heterocycles. The van der Waals surface area contributed by atoms with E-state index in [2.05, 4.69) is 36.5 Å². The van der Waals surface area contributed by atoms with Crippen LogP contribution < -0.4 is 10.6 Å². The zero-order valence-corrected chi connectivity index (χ0v) is 13.1. The zero-order chi connectivity index (χ0) is 14.7. The SMILES string of the molecule is CNc1cncc(C(=O)Nc2c(C)cc(Br)cc2C)n1. The predicted octanol–water partition coefficient (Wildman–Crippen LogP) is 3.15. The molecule has 1 heterocycles. The molecular weight excluding hydrogens is 320 g/mol. The highest BCUT2D eigenvalue weighted by Crippen LogP contribution is 2.25. The Morgan fingerprint density at radius 3 is 2.45 bits per heavy atom. The lowest BCUT2D eigenvalue weighted by atomic mass is 10.1. The molecule has 0 fully saturated rings. The summed E-state index contributed by atoms with van der Waals surface area (Å²) in [5.41, 5.74) is 3.05. The van der Waals surface area contributed by atoms with Gasteiger partial charge in [-0.15, -0.1) is 0 Å². The first-order chi connectivity index (χ1) is 9.51. The lowest BCUT2D eigenvalue weighted by Crippen LogP contribution is -2.16. The average Bonchev–Trinajstić information content (AvgIpc) is 2.42. The molecule has 0 spiro atoms. The summed E-state index contributed by atoms with van der Waals surface area (Å²) >= 11 is 3.43. The molecule has 1 aromatic carbocycles. The van der Waals surface area contributed by atoms with Gasteiger partial charge in [0.1, 0.15) is 11.5 Å². The van der Waals surface area contributed by atoms with Crippen LogP contribution >= 0.6 is 15.9 Å². The topological polar surface area (TPSA) is 66.9 Å². The van der Waals surface area contributed by atoms with Crippen molar-refractivity contribution in [1.29, 1.82) is 0 Å². The summed E-state index contributed by atoms with van der Waals surface area (Å²) in [5.74, 6) is 0.282. The zero-order valence-electron chi connectivity index (χ0n) is 11.5. The Labute approximate surface area is 126 Å². The van der Waals surface area contributed by atoms with Gasteiger partial charge in [-0.05, 0) is 37.1 Å². The van der Waals surface area contributed by atoms with E-state index in [0.717, 1.165) is 21.3 Å². The fourth-order valence-corrected chi connectivity index (χ4v) is 2.57. The van der Waals surface area contributed by atoms with E-state index < -0.39 is 0 Å². The van der Waals surface area contributed by atoms with Crippen molar-refractivity contribution < 1.29 is 4.79 Å². The third-order valence-corrected chi connectivity index (χ3v) is 3.32. The molecule has 2 rings (SSSR count). The number of carbonyl (C=O) groups excluding carboxylic acids is 1. The number of carbonyl (C=O) groups is 1. The van der Waals surface area contributed by atoms with E-state index in [1.807, 2.05) is 26.0 Å². The van der Waals surface area contributed by atoms with Crippen molar-refractivity contribution in [3.8, 4) is 0 Å². The molecule has 2 aromatic rings. The maximum atomic E-state index is 12.2. The molecule has 2 N–H and O–H groups in total. The maximum absolute atomic E-state index is 12.2. The van der Waals surface area contributed by atoms with E-state index in [4.69, 9.17) is 0 Å². The molecule has 0 unspecified atom stereocenters. The van der Waals surface area contributed by atoms with Gasteiger partial charge in [0.05, 0.1) is 12.4 Å². The van der Waals surface area contributed by atoms with Gasteiger partial charge in [0, 0.05) is 17.2 Å². The largest absolute Gasteiger partial charge is 0.372 e. The van der Waals surface area contributed by atoms with Crippen molar-refractivity contribution >= 4 is 33.3 Å². The van der Waals surface area contributed by atoms with Gasteiger partial charge in [-0.3, -0.25) is 9.78 Å².